The highest BCUT2D eigenvalue weighted by Gasteiger charge is 2.26. The Labute approximate surface area is 214 Å². The molecule has 7 nitrogen and oxygen atoms in total. The molecule has 2 aliphatic heterocycles. The topological polar surface area (TPSA) is 81.0 Å². The van der Waals surface area contributed by atoms with E-state index in [9.17, 15) is 9.59 Å². The minimum Gasteiger partial charge on any atom is -0.461 e. The third kappa shape index (κ3) is 4.93. The van der Waals surface area contributed by atoms with Crippen molar-refractivity contribution >= 4 is 17.5 Å². The summed E-state index contributed by atoms with van der Waals surface area (Å²) in [5.74, 6) is 2.79. The molecule has 4 aromatic rings. The summed E-state index contributed by atoms with van der Waals surface area (Å²) in [7, 11) is 0. The van der Waals surface area contributed by atoms with E-state index in [-0.39, 0.29) is 18.6 Å². The maximum absolute atomic E-state index is 13.1. The zero-order valence-corrected chi connectivity index (χ0v) is 20.2. The van der Waals surface area contributed by atoms with Crippen molar-refractivity contribution in [1.82, 2.24) is 4.90 Å². The average molecular weight is 495 g/mol. The number of nitrogens with zero attached hydrogens (tertiary/aromatic N) is 1. The van der Waals surface area contributed by atoms with E-state index in [0.717, 1.165) is 33.9 Å². The van der Waals surface area contributed by atoms with Crippen LogP contribution in [-0.4, -0.2) is 30.1 Å². The Morgan fingerprint density at radius 3 is 2.65 bits per heavy atom. The van der Waals surface area contributed by atoms with Crippen LogP contribution >= 0.6 is 0 Å². The monoisotopic (exact) mass is 494 g/mol. The molecule has 7 heteroatoms. The van der Waals surface area contributed by atoms with Crippen LogP contribution in [-0.2, 0) is 24.2 Å². The van der Waals surface area contributed by atoms with Gasteiger partial charge in [0.25, 0.3) is 5.91 Å². The molecule has 0 fully saturated rings. The molecule has 0 saturated carbocycles. The van der Waals surface area contributed by atoms with Gasteiger partial charge in [-0.1, -0.05) is 42.5 Å². The van der Waals surface area contributed by atoms with Crippen molar-refractivity contribution in [3.05, 3.63) is 101 Å². The first-order valence-electron chi connectivity index (χ1n) is 12.4. The third-order valence-corrected chi connectivity index (χ3v) is 6.69. The number of aryl methyl sites for hydroxylation is 1. The number of fused-ring (bicyclic) bond motifs is 2. The molecule has 0 unspecified atom stereocenters. The zero-order valence-electron chi connectivity index (χ0n) is 20.2. The molecule has 0 bridgehead atoms. The molecule has 3 heterocycles. The number of amides is 2. The van der Waals surface area contributed by atoms with Crippen molar-refractivity contribution in [2.24, 2.45) is 0 Å². The Bertz CT molecular complexity index is 1460. The predicted octanol–water partition coefficient (Wildman–Crippen LogP) is 5.45. The Morgan fingerprint density at radius 1 is 0.892 bits per heavy atom. The second-order valence-electron chi connectivity index (χ2n) is 9.22. The second kappa shape index (κ2) is 9.85. The zero-order chi connectivity index (χ0) is 25.2. The fourth-order valence-corrected chi connectivity index (χ4v) is 4.74. The van der Waals surface area contributed by atoms with E-state index in [0.29, 0.717) is 49.4 Å². The highest BCUT2D eigenvalue weighted by molar-refractivity contribution is 5.95. The summed E-state index contributed by atoms with van der Waals surface area (Å²) in [6.07, 6.45) is 1.75. The smallest absolute Gasteiger partial charge is 0.254 e. The SMILES string of the molecule is O=C(CCc1ccccc1)Nc1cccc(-c2cc3c(o2)CCN(C(=O)c2ccc4c(c2)OCO4)C3)c1. The first-order valence-corrected chi connectivity index (χ1v) is 12.4. The van der Waals surface area contributed by atoms with Crippen molar-refractivity contribution in [3.63, 3.8) is 0 Å². The normalized spacial score (nSPS) is 13.8. The highest BCUT2D eigenvalue weighted by atomic mass is 16.7. The van der Waals surface area contributed by atoms with E-state index >= 15 is 0 Å². The lowest BCUT2D eigenvalue weighted by molar-refractivity contribution is -0.116. The minimum atomic E-state index is -0.0492. The molecule has 37 heavy (non-hydrogen) atoms. The minimum absolute atomic E-state index is 0.0302. The van der Waals surface area contributed by atoms with Gasteiger partial charge in [0.15, 0.2) is 11.5 Å². The van der Waals surface area contributed by atoms with Gasteiger partial charge >= 0.3 is 0 Å². The van der Waals surface area contributed by atoms with Crippen LogP contribution in [0.2, 0.25) is 0 Å². The van der Waals surface area contributed by atoms with Crippen LogP contribution < -0.4 is 14.8 Å². The van der Waals surface area contributed by atoms with Crippen molar-refractivity contribution in [1.29, 1.82) is 0 Å². The van der Waals surface area contributed by atoms with E-state index < -0.39 is 0 Å². The molecule has 0 radical (unpaired) electrons. The lowest BCUT2D eigenvalue weighted by Gasteiger charge is -2.26. The van der Waals surface area contributed by atoms with Crippen LogP contribution in [0.3, 0.4) is 0 Å². The molecule has 6 rings (SSSR count). The number of carbonyl (C=O) groups excluding carboxylic acids is 2. The lowest BCUT2D eigenvalue weighted by atomic mass is 10.1. The number of benzene rings is 3. The summed E-state index contributed by atoms with van der Waals surface area (Å²) < 4.78 is 16.9. The van der Waals surface area contributed by atoms with Crippen LogP contribution in [0.15, 0.2) is 83.3 Å². The number of ether oxygens (including phenoxy) is 2. The maximum Gasteiger partial charge on any atom is 0.254 e. The van der Waals surface area contributed by atoms with Crippen LogP contribution in [0.5, 0.6) is 11.5 Å². The number of anilines is 1. The largest absolute Gasteiger partial charge is 0.461 e. The number of hydrogen-bond donors (Lipinski definition) is 1. The van der Waals surface area contributed by atoms with Crippen molar-refractivity contribution < 1.29 is 23.5 Å². The highest BCUT2D eigenvalue weighted by Crippen LogP contribution is 2.34. The van der Waals surface area contributed by atoms with Crippen molar-refractivity contribution in [2.75, 3.05) is 18.7 Å². The summed E-state index contributed by atoms with van der Waals surface area (Å²) in [6.45, 7) is 1.23. The molecule has 186 valence electrons. The first-order chi connectivity index (χ1) is 18.1. The fraction of sp³-hybridized carbons (Fsp3) is 0.200. The Hall–Kier alpha value is -4.52. The van der Waals surface area contributed by atoms with Gasteiger partial charge in [-0.25, -0.2) is 0 Å². The summed E-state index contributed by atoms with van der Waals surface area (Å²) in [5.41, 5.74) is 4.31. The molecule has 3 aromatic carbocycles. The van der Waals surface area contributed by atoms with Gasteiger partial charge in [-0.3, -0.25) is 9.59 Å². The quantitative estimate of drug-likeness (QED) is 0.386. The molecular formula is C30H26N2O5. The van der Waals surface area contributed by atoms with Crippen LogP contribution in [0.25, 0.3) is 11.3 Å². The third-order valence-electron chi connectivity index (χ3n) is 6.69. The standard InChI is InChI=1S/C30H26N2O5/c33-29(12-9-20-5-2-1-3-6-20)31-24-8-4-7-21(15-24)27-17-23-18-32(14-13-25(23)37-27)30(34)22-10-11-26-28(16-22)36-19-35-26/h1-8,10-11,15-17H,9,12-14,18-19H2,(H,31,33). The molecule has 1 N–H and O–H groups in total. The fourth-order valence-electron chi connectivity index (χ4n) is 4.74. The summed E-state index contributed by atoms with van der Waals surface area (Å²) in [4.78, 5) is 27.4. The Morgan fingerprint density at radius 2 is 1.76 bits per heavy atom. The molecule has 1 aromatic heterocycles. The number of nitrogens with one attached hydrogen (secondary N) is 1. The second-order valence-corrected chi connectivity index (χ2v) is 9.22. The molecule has 0 atom stereocenters. The number of furan rings is 1. The van der Waals surface area contributed by atoms with Crippen molar-refractivity contribution in [2.45, 2.75) is 25.8 Å². The van der Waals surface area contributed by atoms with Crippen LogP contribution in [0.1, 0.15) is 33.7 Å². The van der Waals surface area contributed by atoms with Gasteiger partial charge < -0.3 is 24.1 Å². The van der Waals surface area contributed by atoms with Gasteiger partial charge in [0.05, 0.1) is 0 Å². The maximum atomic E-state index is 13.1. The van der Waals surface area contributed by atoms with Gasteiger partial charge in [-0.2, -0.15) is 0 Å². The first kappa shape index (κ1) is 22.9. The molecule has 0 aliphatic carbocycles. The Kier molecular flexibility index (Phi) is 6.10. The van der Waals surface area contributed by atoms with E-state index in [2.05, 4.69) is 5.32 Å². The average Bonchev–Trinajstić information content (AvgIpc) is 3.58. The number of hydrogen-bond acceptors (Lipinski definition) is 5. The number of rotatable bonds is 6. The van der Waals surface area contributed by atoms with E-state index in [1.165, 1.54) is 0 Å². The summed E-state index contributed by atoms with van der Waals surface area (Å²) in [5, 5.41) is 2.99. The van der Waals surface area contributed by atoms with Gasteiger partial charge in [-0.05, 0) is 48.4 Å². The van der Waals surface area contributed by atoms with Gasteiger partial charge in [-0.15, -0.1) is 0 Å². The van der Waals surface area contributed by atoms with Crippen LogP contribution in [0.4, 0.5) is 5.69 Å². The lowest BCUT2D eigenvalue weighted by Crippen LogP contribution is -2.35. The summed E-state index contributed by atoms with van der Waals surface area (Å²) in [6, 6.07) is 24.9. The van der Waals surface area contributed by atoms with E-state index in [1.807, 2.05) is 65.6 Å². The van der Waals surface area contributed by atoms with Gasteiger partial charge in [0.2, 0.25) is 12.7 Å². The predicted molar refractivity (Wildman–Crippen MR) is 139 cm³/mol. The van der Waals surface area contributed by atoms with E-state index in [1.54, 1.807) is 18.2 Å². The molecule has 2 amide bonds. The molecular weight excluding hydrogens is 468 g/mol. The Balaban J connectivity index is 1.12. The number of carbonyl (C=O) groups is 2. The molecule has 0 saturated heterocycles. The van der Waals surface area contributed by atoms with Gasteiger partial charge in [0, 0.05) is 48.3 Å². The van der Waals surface area contributed by atoms with Crippen LogP contribution in [0, 0.1) is 0 Å². The molecule has 0 spiro atoms. The van der Waals surface area contributed by atoms with Crippen molar-refractivity contribution in [3.8, 4) is 22.8 Å². The summed E-state index contributed by atoms with van der Waals surface area (Å²) >= 11 is 0. The van der Waals surface area contributed by atoms with E-state index in [4.69, 9.17) is 13.9 Å². The molecule has 2 aliphatic rings. The van der Waals surface area contributed by atoms with Gasteiger partial charge in [0.1, 0.15) is 11.5 Å².